The second-order valence-corrected chi connectivity index (χ2v) is 2.18. The Balaban J connectivity index is 3.46. The lowest BCUT2D eigenvalue weighted by Crippen LogP contribution is -2.25. The van der Waals surface area contributed by atoms with Crippen molar-refractivity contribution in [2.75, 3.05) is 6.61 Å². The molecule has 0 aliphatic rings. The van der Waals surface area contributed by atoms with E-state index in [9.17, 15) is 5.11 Å². The van der Waals surface area contributed by atoms with Crippen molar-refractivity contribution < 1.29 is 9.84 Å². The molecular formula is C8H14O2. The molecule has 0 radical (unpaired) electrons. The van der Waals surface area contributed by atoms with Crippen LogP contribution in [0.1, 0.15) is 13.3 Å². The average molecular weight is 142 g/mol. The van der Waals surface area contributed by atoms with E-state index in [4.69, 9.17) is 4.74 Å². The van der Waals surface area contributed by atoms with Crippen LogP contribution in [0, 0.1) is 0 Å². The largest absolute Gasteiger partial charge is 0.362 e. The Morgan fingerprint density at radius 2 is 2.20 bits per heavy atom. The first kappa shape index (κ1) is 9.40. The molecule has 0 bridgehead atoms. The van der Waals surface area contributed by atoms with E-state index in [1.54, 1.807) is 13.0 Å². The Labute approximate surface area is 61.8 Å². The summed E-state index contributed by atoms with van der Waals surface area (Å²) < 4.78 is 4.99. The van der Waals surface area contributed by atoms with Gasteiger partial charge in [-0.3, -0.25) is 0 Å². The summed E-state index contributed by atoms with van der Waals surface area (Å²) in [4.78, 5) is 0. The van der Waals surface area contributed by atoms with Gasteiger partial charge in [-0.25, -0.2) is 0 Å². The van der Waals surface area contributed by atoms with Gasteiger partial charge in [0.1, 0.15) is 0 Å². The maximum Gasteiger partial charge on any atom is 0.182 e. The number of aliphatic hydroxyl groups is 1. The first-order valence-corrected chi connectivity index (χ1v) is 3.23. The van der Waals surface area contributed by atoms with Crippen LogP contribution >= 0.6 is 0 Å². The Bertz CT molecular complexity index is 116. The summed E-state index contributed by atoms with van der Waals surface area (Å²) in [7, 11) is 0. The second kappa shape index (κ2) is 4.25. The summed E-state index contributed by atoms with van der Waals surface area (Å²) in [5.41, 5.74) is 0. The molecule has 0 fully saturated rings. The van der Waals surface area contributed by atoms with Crippen molar-refractivity contribution in [2.24, 2.45) is 0 Å². The van der Waals surface area contributed by atoms with E-state index in [1.807, 2.05) is 0 Å². The highest BCUT2D eigenvalue weighted by Crippen LogP contribution is 2.06. The molecule has 1 unspecified atom stereocenters. The Kier molecular flexibility index (Phi) is 4.00. The summed E-state index contributed by atoms with van der Waals surface area (Å²) in [5, 5.41) is 9.18. The van der Waals surface area contributed by atoms with Crippen LogP contribution in [0.5, 0.6) is 0 Å². The van der Waals surface area contributed by atoms with Crippen molar-refractivity contribution in [1.29, 1.82) is 0 Å². The lowest BCUT2D eigenvalue weighted by molar-refractivity contribution is -0.151. The molecule has 2 nitrogen and oxygen atoms in total. The van der Waals surface area contributed by atoms with Gasteiger partial charge in [0, 0.05) is 0 Å². The highest BCUT2D eigenvalue weighted by molar-refractivity contribution is 4.83. The van der Waals surface area contributed by atoms with Crippen molar-refractivity contribution in [3.63, 3.8) is 0 Å². The van der Waals surface area contributed by atoms with Crippen molar-refractivity contribution in [3.05, 3.63) is 25.3 Å². The minimum absolute atomic E-state index is 0.475. The zero-order valence-electron chi connectivity index (χ0n) is 6.34. The van der Waals surface area contributed by atoms with Crippen molar-refractivity contribution in [2.45, 2.75) is 19.1 Å². The number of hydrogen-bond donors (Lipinski definition) is 1. The van der Waals surface area contributed by atoms with Crippen LogP contribution in [-0.2, 0) is 4.74 Å². The fourth-order valence-electron chi connectivity index (χ4n) is 0.408. The normalized spacial score (nSPS) is 15.8. The minimum atomic E-state index is -1.19. The van der Waals surface area contributed by atoms with E-state index < -0.39 is 5.79 Å². The fraction of sp³-hybridized carbons (Fsp3) is 0.500. The summed E-state index contributed by atoms with van der Waals surface area (Å²) in [5.74, 6) is -1.19. The third-order valence-electron chi connectivity index (χ3n) is 1.10. The smallest absolute Gasteiger partial charge is 0.182 e. The Morgan fingerprint density at radius 1 is 1.60 bits per heavy atom. The molecular weight excluding hydrogens is 128 g/mol. The topological polar surface area (TPSA) is 29.5 Å². The highest BCUT2D eigenvalue weighted by Gasteiger charge is 2.13. The van der Waals surface area contributed by atoms with Crippen LogP contribution in [0.15, 0.2) is 25.3 Å². The molecule has 1 atom stereocenters. The van der Waals surface area contributed by atoms with Crippen LogP contribution in [0.25, 0.3) is 0 Å². The van der Waals surface area contributed by atoms with E-state index >= 15 is 0 Å². The summed E-state index contributed by atoms with van der Waals surface area (Å²) in [6, 6.07) is 0. The van der Waals surface area contributed by atoms with Gasteiger partial charge in [-0.05, 0) is 19.4 Å². The molecule has 0 rings (SSSR count). The number of ether oxygens (including phenoxy) is 1. The lowest BCUT2D eigenvalue weighted by Gasteiger charge is -2.18. The van der Waals surface area contributed by atoms with E-state index in [0.717, 1.165) is 6.42 Å². The fourth-order valence-corrected chi connectivity index (χ4v) is 0.408. The maximum absolute atomic E-state index is 9.18. The molecule has 0 aromatic rings. The van der Waals surface area contributed by atoms with Gasteiger partial charge in [0.2, 0.25) is 0 Å². The molecule has 0 aliphatic carbocycles. The van der Waals surface area contributed by atoms with E-state index in [1.165, 1.54) is 6.08 Å². The highest BCUT2D eigenvalue weighted by atomic mass is 16.6. The zero-order valence-corrected chi connectivity index (χ0v) is 6.34. The molecule has 0 saturated heterocycles. The maximum atomic E-state index is 9.18. The summed E-state index contributed by atoms with van der Waals surface area (Å²) in [6.07, 6.45) is 3.83. The molecule has 0 amide bonds. The van der Waals surface area contributed by atoms with Gasteiger partial charge >= 0.3 is 0 Å². The quantitative estimate of drug-likeness (QED) is 0.358. The molecule has 0 aromatic heterocycles. The lowest BCUT2D eigenvalue weighted by atomic mass is 10.3. The molecule has 0 aliphatic heterocycles. The van der Waals surface area contributed by atoms with E-state index in [-0.39, 0.29) is 0 Å². The average Bonchev–Trinajstić information content (AvgIpc) is 1.89. The van der Waals surface area contributed by atoms with Crippen molar-refractivity contribution in [1.82, 2.24) is 0 Å². The van der Waals surface area contributed by atoms with E-state index in [0.29, 0.717) is 6.61 Å². The summed E-state index contributed by atoms with van der Waals surface area (Å²) in [6.45, 7) is 8.95. The molecule has 0 heterocycles. The van der Waals surface area contributed by atoms with Crippen LogP contribution in [-0.4, -0.2) is 17.5 Å². The van der Waals surface area contributed by atoms with Gasteiger partial charge in [0.15, 0.2) is 5.79 Å². The molecule has 10 heavy (non-hydrogen) atoms. The van der Waals surface area contributed by atoms with Crippen LogP contribution in [0.4, 0.5) is 0 Å². The van der Waals surface area contributed by atoms with Gasteiger partial charge in [-0.15, -0.1) is 6.58 Å². The predicted octanol–water partition coefficient (Wildman–Crippen LogP) is 1.47. The van der Waals surface area contributed by atoms with Gasteiger partial charge < -0.3 is 9.84 Å². The van der Waals surface area contributed by atoms with Crippen LogP contribution in [0.2, 0.25) is 0 Å². The van der Waals surface area contributed by atoms with E-state index in [2.05, 4.69) is 13.2 Å². The Morgan fingerprint density at radius 3 is 2.60 bits per heavy atom. The van der Waals surface area contributed by atoms with Crippen molar-refractivity contribution >= 4 is 0 Å². The molecule has 58 valence electrons. The molecule has 0 spiro atoms. The van der Waals surface area contributed by atoms with Gasteiger partial charge in [0.25, 0.3) is 0 Å². The molecule has 0 aromatic carbocycles. The van der Waals surface area contributed by atoms with Crippen LogP contribution < -0.4 is 0 Å². The molecule has 1 N–H and O–H groups in total. The predicted molar refractivity (Wildman–Crippen MR) is 41.6 cm³/mol. The SMILES string of the molecule is C=CCCOC(C)(O)C=C. The minimum Gasteiger partial charge on any atom is -0.362 e. The zero-order chi connectivity index (χ0) is 8.04. The Hall–Kier alpha value is -0.600. The third kappa shape index (κ3) is 4.30. The molecule has 2 heteroatoms. The second-order valence-electron chi connectivity index (χ2n) is 2.18. The van der Waals surface area contributed by atoms with Gasteiger partial charge in [0.05, 0.1) is 6.61 Å². The first-order chi connectivity index (χ1) is 4.62. The number of rotatable bonds is 5. The third-order valence-corrected chi connectivity index (χ3v) is 1.10. The first-order valence-electron chi connectivity index (χ1n) is 3.23. The number of hydrogen-bond acceptors (Lipinski definition) is 2. The van der Waals surface area contributed by atoms with Crippen molar-refractivity contribution in [3.8, 4) is 0 Å². The van der Waals surface area contributed by atoms with Crippen LogP contribution in [0.3, 0.4) is 0 Å². The standard InChI is InChI=1S/C8H14O2/c1-4-6-7-10-8(3,9)5-2/h4-5,9H,1-2,6-7H2,3H3. The molecule has 0 saturated carbocycles. The van der Waals surface area contributed by atoms with Gasteiger partial charge in [-0.2, -0.15) is 0 Å². The summed E-state index contributed by atoms with van der Waals surface area (Å²) >= 11 is 0. The monoisotopic (exact) mass is 142 g/mol. The van der Waals surface area contributed by atoms with Gasteiger partial charge in [-0.1, -0.05) is 12.7 Å².